The normalized spacial score (nSPS) is 39.4. The Balaban J connectivity index is 1.92. The number of hydrogen-bond donors (Lipinski definition) is 0. The van der Waals surface area contributed by atoms with Crippen LogP contribution in [0, 0.1) is 0 Å². The minimum atomic E-state index is 0.238. The average Bonchev–Trinajstić information content (AvgIpc) is 2.46. The quantitative estimate of drug-likeness (QED) is 0.283. The maximum absolute atomic E-state index is 5.58. The SMILES string of the molecule is C[I-]N1CC2OCCOC2C1. The van der Waals surface area contributed by atoms with E-state index in [1.54, 1.807) is 0 Å². The standard InChI is InChI=1S/C7H13INO2/c1-8-9-4-6-7(5-9)11-3-2-10-6/h6-7H,2-5H2,1H3/q-1. The van der Waals surface area contributed by atoms with E-state index in [-0.39, 0.29) is 21.5 Å². The van der Waals surface area contributed by atoms with E-state index < -0.39 is 0 Å². The molecule has 0 spiro atoms. The molecule has 0 aromatic carbocycles. The molecule has 2 saturated heterocycles. The molecule has 0 N–H and O–H groups in total. The molecular formula is C7H13INO2-. The summed E-state index contributed by atoms with van der Waals surface area (Å²) in [6.07, 6.45) is 0.756. The number of halogens is 1. The molecule has 2 rings (SSSR count). The molecular weight excluding hydrogens is 257 g/mol. The molecule has 2 aliphatic rings. The zero-order valence-corrected chi connectivity index (χ0v) is 8.78. The Morgan fingerprint density at radius 3 is 2.18 bits per heavy atom. The summed E-state index contributed by atoms with van der Waals surface area (Å²) in [5.41, 5.74) is 0. The number of hydrogen-bond acceptors (Lipinski definition) is 3. The summed E-state index contributed by atoms with van der Waals surface area (Å²) < 4.78 is 13.7. The van der Waals surface area contributed by atoms with Gasteiger partial charge in [0.15, 0.2) is 0 Å². The molecule has 0 aromatic rings. The van der Waals surface area contributed by atoms with Crippen LogP contribution >= 0.6 is 0 Å². The zero-order valence-electron chi connectivity index (χ0n) is 6.62. The van der Waals surface area contributed by atoms with Gasteiger partial charge in [-0.2, -0.15) is 0 Å². The third-order valence-corrected chi connectivity index (χ3v) is 4.31. The van der Waals surface area contributed by atoms with E-state index >= 15 is 0 Å². The van der Waals surface area contributed by atoms with Crippen LogP contribution in [0.4, 0.5) is 0 Å². The van der Waals surface area contributed by atoms with Crippen LogP contribution in [0.5, 0.6) is 0 Å². The van der Waals surface area contributed by atoms with E-state index in [1.807, 2.05) is 0 Å². The summed E-state index contributed by atoms with van der Waals surface area (Å²) in [6.45, 7) is 3.79. The molecule has 0 amide bonds. The molecule has 4 heteroatoms. The molecule has 0 bridgehead atoms. The van der Waals surface area contributed by atoms with Crippen LogP contribution < -0.4 is 21.5 Å². The van der Waals surface area contributed by atoms with E-state index in [2.05, 4.69) is 8.04 Å². The fourth-order valence-corrected chi connectivity index (χ4v) is 3.12. The van der Waals surface area contributed by atoms with Gasteiger partial charge >= 0.3 is 77.5 Å². The molecule has 0 radical (unpaired) electrons. The van der Waals surface area contributed by atoms with Crippen molar-refractivity contribution in [1.29, 1.82) is 0 Å². The van der Waals surface area contributed by atoms with Crippen molar-refractivity contribution in [3.63, 3.8) is 0 Å². The second-order valence-electron chi connectivity index (χ2n) is 2.82. The minimum absolute atomic E-state index is 0.238. The summed E-state index contributed by atoms with van der Waals surface area (Å²) in [6, 6.07) is 0. The topological polar surface area (TPSA) is 21.7 Å². The van der Waals surface area contributed by atoms with Crippen molar-refractivity contribution in [2.75, 3.05) is 31.2 Å². The third kappa shape index (κ3) is 1.68. The van der Waals surface area contributed by atoms with Gasteiger partial charge in [0.1, 0.15) is 0 Å². The average molecular weight is 270 g/mol. The van der Waals surface area contributed by atoms with Gasteiger partial charge in [-0.1, -0.05) is 0 Å². The van der Waals surface area contributed by atoms with Gasteiger partial charge in [-0.25, -0.2) is 0 Å². The van der Waals surface area contributed by atoms with E-state index in [1.165, 1.54) is 0 Å². The molecule has 0 saturated carbocycles. The van der Waals surface area contributed by atoms with Gasteiger partial charge in [0, 0.05) is 0 Å². The van der Waals surface area contributed by atoms with Gasteiger partial charge < -0.3 is 0 Å². The van der Waals surface area contributed by atoms with Crippen LogP contribution in [-0.2, 0) is 9.47 Å². The number of fused-ring (bicyclic) bond motifs is 1. The Morgan fingerprint density at radius 2 is 1.73 bits per heavy atom. The second-order valence-corrected chi connectivity index (χ2v) is 5.14. The summed E-state index contributed by atoms with van der Waals surface area (Å²) >= 11 is 0.238. The Hall–Kier alpha value is 0.610. The fraction of sp³-hybridized carbons (Fsp3) is 1.00. The van der Waals surface area contributed by atoms with Crippen LogP contribution in [0.3, 0.4) is 0 Å². The number of nitrogens with zero attached hydrogens (tertiary/aromatic N) is 1. The first-order valence-electron chi connectivity index (χ1n) is 3.88. The first-order valence-corrected chi connectivity index (χ1v) is 7.00. The number of alkyl halides is 1. The van der Waals surface area contributed by atoms with Crippen LogP contribution in [0.1, 0.15) is 0 Å². The van der Waals surface area contributed by atoms with Crippen molar-refractivity contribution < 1.29 is 31.0 Å². The Kier molecular flexibility index (Phi) is 2.65. The van der Waals surface area contributed by atoms with Crippen molar-refractivity contribution in [3.8, 4) is 0 Å². The zero-order chi connectivity index (χ0) is 7.68. The van der Waals surface area contributed by atoms with Crippen LogP contribution in [-0.4, -0.2) is 46.6 Å². The molecule has 2 fully saturated rings. The van der Waals surface area contributed by atoms with Crippen LogP contribution in [0.25, 0.3) is 0 Å². The number of ether oxygens (including phenoxy) is 2. The van der Waals surface area contributed by atoms with Gasteiger partial charge in [0.2, 0.25) is 0 Å². The first kappa shape index (κ1) is 8.22. The fourth-order valence-electron chi connectivity index (χ4n) is 1.56. The van der Waals surface area contributed by atoms with Crippen LogP contribution in [0.2, 0.25) is 0 Å². The molecule has 0 aliphatic carbocycles. The van der Waals surface area contributed by atoms with E-state index in [4.69, 9.17) is 9.47 Å². The Morgan fingerprint density at radius 1 is 1.18 bits per heavy atom. The molecule has 3 nitrogen and oxygen atoms in total. The van der Waals surface area contributed by atoms with Crippen molar-refractivity contribution in [1.82, 2.24) is 3.11 Å². The van der Waals surface area contributed by atoms with Crippen molar-refractivity contribution in [2.45, 2.75) is 12.2 Å². The van der Waals surface area contributed by atoms with Gasteiger partial charge in [-0.15, -0.1) is 0 Å². The van der Waals surface area contributed by atoms with E-state index in [0.717, 1.165) is 26.3 Å². The summed E-state index contributed by atoms with van der Waals surface area (Å²) in [7, 11) is 0. The summed E-state index contributed by atoms with van der Waals surface area (Å²) in [5, 5.41) is 0. The molecule has 2 heterocycles. The maximum atomic E-state index is 5.58. The molecule has 2 atom stereocenters. The Bertz CT molecular complexity index is 130. The van der Waals surface area contributed by atoms with Crippen molar-refractivity contribution >= 4 is 0 Å². The molecule has 0 aromatic heterocycles. The first-order chi connectivity index (χ1) is 5.40. The molecule has 2 unspecified atom stereocenters. The molecule has 2 aliphatic heterocycles. The summed E-state index contributed by atoms with van der Waals surface area (Å²) in [4.78, 5) is 2.29. The predicted octanol–water partition coefficient (Wildman–Crippen LogP) is -3.28. The van der Waals surface area contributed by atoms with Crippen LogP contribution in [0.15, 0.2) is 0 Å². The third-order valence-electron chi connectivity index (χ3n) is 2.16. The van der Waals surface area contributed by atoms with Crippen molar-refractivity contribution in [2.24, 2.45) is 0 Å². The second kappa shape index (κ2) is 3.55. The van der Waals surface area contributed by atoms with Gasteiger partial charge in [0.25, 0.3) is 0 Å². The van der Waals surface area contributed by atoms with Gasteiger partial charge in [-0.3, -0.25) is 0 Å². The number of rotatable bonds is 1. The van der Waals surface area contributed by atoms with E-state index in [9.17, 15) is 0 Å². The van der Waals surface area contributed by atoms with Crippen molar-refractivity contribution in [3.05, 3.63) is 0 Å². The predicted molar refractivity (Wildman–Crippen MR) is 37.0 cm³/mol. The summed E-state index contributed by atoms with van der Waals surface area (Å²) in [5.74, 6) is 0. The van der Waals surface area contributed by atoms with Gasteiger partial charge in [-0.05, 0) is 0 Å². The Labute approximate surface area is 77.6 Å². The van der Waals surface area contributed by atoms with E-state index in [0.29, 0.717) is 12.2 Å². The van der Waals surface area contributed by atoms with Gasteiger partial charge in [0.05, 0.1) is 0 Å². The molecule has 11 heavy (non-hydrogen) atoms. The monoisotopic (exact) mass is 270 g/mol. The molecule has 66 valence electrons.